The van der Waals surface area contributed by atoms with Crippen LogP contribution < -0.4 is 4.74 Å². The number of carbonyl (C=O) groups is 2. The average Bonchev–Trinajstić information content (AvgIpc) is 2.97. The Morgan fingerprint density at radius 2 is 1.61 bits per heavy atom. The first kappa shape index (κ1) is 20.4. The number of likely N-dealkylation sites (tertiary alicyclic amines) is 1. The minimum absolute atomic E-state index is 0.118. The molecule has 1 aromatic rings. The van der Waals surface area contributed by atoms with E-state index < -0.39 is 0 Å². The van der Waals surface area contributed by atoms with Gasteiger partial charge in [0.15, 0.2) is 0 Å². The van der Waals surface area contributed by atoms with Crippen LogP contribution >= 0.6 is 0 Å². The molecule has 0 unspecified atom stereocenters. The van der Waals surface area contributed by atoms with Crippen molar-refractivity contribution in [2.24, 2.45) is 0 Å². The van der Waals surface area contributed by atoms with Crippen LogP contribution in [0.3, 0.4) is 0 Å². The lowest BCUT2D eigenvalue weighted by molar-refractivity contribution is -0.137. The number of hydrogen-bond donors (Lipinski definition) is 0. The predicted molar refractivity (Wildman–Crippen MR) is 111 cm³/mol. The molecule has 1 fully saturated rings. The van der Waals surface area contributed by atoms with E-state index in [1.807, 2.05) is 31.2 Å². The first-order chi connectivity index (χ1) is 13.7. The molecule has 2 amide bonds. The topological polar surface area (TPSA) is 49.9 Å². The van der Waals surface area contributed by atoms with E-state index >= 15 is 0 Å². The van der Waals surface area contributed by atoms with E-state index in [9.17, 15) is 9.59 Å². The number of rotatable bonds is 9. The first-order valence-corrected chi connectivity index (χ1v) is 10.8. The number of amides is 2. The summed E-state index contributed by atoms with van der Waals surface area (Å²) in [7, 11) is 0. The van der Waals surface area contributed by atoms with E-state index in [2.05, 4.69) is 11.8 Å². The summed E-state index contributed by atoms with van der Waals surface area (Å²) in [6.07, 6.45) is 7.51. The zero-order chi connectivity index (χ0) is 19.9. The molecule has 1 aromatic carbocycles. The largest absolute Gasteiger partial charge is 0.494 e. The van der Waals surface area contributed by atoms with Gasteiger partial charge in [-0.3, -0.25) is 14.5 Å². The van der Waals surface area contributed by atoms with E-state index in [4.69, 9.17) is 4.74 Å². The highest BCUT2D eigenvalue weighted by molar-refractivity contribution is 6.35. The van der Waals surface area contributed by atoms with Crippen LogP contribution in [0.2, 0.25) is 0 Å². The Kier molecular flexibility index (Phi) is 7.12. The minimum atomic E-state index is -0.147. The second-order valence-electron chi connectivity index (χ2n) is 7.55. The van der Waals surface area contributed by atoms with Gasteiger partial charge in [-0.1, -0.05) is 38.3 Å². The Morgan fingerprint density at radius 1 is 0.893 bits per heavy atom. The number of nitrogens with zero attached hydrogens (tertiary/aromatic N) is 2. The fourth-order valence-electron chi connectivity index (χ4n) is 4.02. The number of carbonyl (C=O) groups excluding carboxylic acids is 2. The van der Waals surface area contributed by atoms with Crippen molar-refractivity contribution in [2.75, 3.05) is 26.2 Å². The number of piperidine rings is 1. The summed E-state index contributed by atoms with van der Waals surface area (Å²) >= 11 is 0. The quantitative estimate of drug-likeness (QED) is 0.472. The van der Waals surface area contributed by atoms with Crippen LogP contribution in [-0.4, -0.2) is 47.9 Å². The molecule has 0 spiro atoms. The molecular weight excluding hydrogens is 352 g/mol. The maximum Gasteiger partial charge on any atom is 0.277 e. The van der Waals surface area contributed by atoms with Gasteiger partial charge in [-0.25, -0.2) is 0 Å². The van der Waals surface area contributed by atoms with Crippen molar-refractivity contribution >= 4 is 17.4 Å². The molecule has 0 saturated carbocycles. The molecule has 3 rings (SSSR count). The molecule has 2 heterocycles. The molecule has 5 heteroatoms. The van der Waals surface area contributed by atoms with Crippen LogP contribution in [0.25, 0.3) is 5.57 Å². The summed E-state index contributed by atoms with van der Waals surface area (Å²) in [5, 5.41) is 0. The maximum absolute atomic E-state index is 13.2. The molecule has 152 valence electrons. The second-order valence-corrected chi connectivity index (χ2v) is 7.55. The molecule has 2 aliphatic heterocycles. The smallest absolute Gasteiger partial charge is 0.277 e. The van der Waals surface area contributed by atoms with Crippen LogP contribution in [0.15, 0.2) is 30.0 Å². The molecule has 0 aliphatic carbocycles. The summed E-state index contributed by atoms with van der Waals surface area (Å²) < 4.78 is 5.52. The van der Waals surface area contributed by atoms with Crippen LogP contribution in [0.5, 0.6) is 5.75 Å². The highest BCUT2D eigenvalue weighted by Gasteiger charge is 2.41. The summed E-state index contributed by atoms with van der Waals surface area (Å²) in [6.45, 7) is 6.91. The van der Waals surface area contributed by atoms with Gasteiger partial charge >= 0.3 is 0 Å². The second kappa shape index (κ2) is 9.76. The molecule has 28 heavy (non-hydrogen) atoms. The fraction of sp³-hybridized carbons (Fsp3) is 0.565. The monoisotopic (exact) mass is 384 g/mol. The third-order valence-corrected chi connectivity index (χ3v) is 5.51. The number of hydrogen-bond acceptors (Lipinski definition) is 4. The molecule has 5 nitrogen and oxygen atoms in total. The fourth-order valence-corrected chi connectivity index (χ4v) is 4.02. The Morgan fingerprint density at radius 3 is 2.25 bits per heavy atom. The van der Waals surface area contributed by atoms with Crippen LogP contribution in [0.1, 0.15) is 64.4 Å². The van der Waals surface area contributed by atoms with Crippen LogP contribution in [0, 0.1) is 0 Å². The number of unbranched alkanes of at least 4 members (excludes halogenated alkanes) is 3. The third-order valence-electron chi connectivity index (χ3n) is 5.51. The van der Waals surface area contributed by atoms with Crippen molar-refractivity contribution in [1.82, 2.24) is 9.80 Å². The highest BCUT2D eigenvalue weighted by Crippen LogP contribution is 2.34. The van der Waals surface area contributed by atoms with Gasteiger partial charge in [0, 0.05) is 19.6 Å². The van der Waals surface area contributed by atoms with Gasteiger partial charge < -0.3 is 9.64 Å². The van der Waals surface area contributed by atoms with Crippen molar-refractivity contribution in [1.29, 1.82) is 0 Å². The van der Waals surface area contributed by atoms with Crippen molar-refractivity contribution < 1.29 is 14.3 Å². The lowest BCUT2D eigenvalue weighted by Crippen LogP contribution is -2.37. The zero-order valence-corrected chi connectivity index (χ0v) is 17.2. The normalized spacial score (nSPS) is 17.6. The molecule has 0 atom stereocenters. The van der Waals surface area contributed by atoms with Crippen molar-refractivity contribution in [2.45, 2.75) is 58.8 Å². The van der Waals surface area contributed by atoms with E-state index in [0.717, 1.165) is 62.9 Å². The lowest BCUT2D eigenvalue weighted by atomic mass is 10.0. The van der Waals surface area contributed by atoms with Gasteiger partial charge in [-0.2, -0.15) is 0 Å². The summed E-state index contributed by atoms with van der Waals surface area (Å²) in [6, 6.07) is 7.55. The van der Waals surface area contributed by atoms with Gasteiger partial charge in [0.05, 0.1) is 12.2 Å². The van der Waals surface area contributed by atoms with Crippen LogP contribution in [-0.2, 0) is 9.59 Å². The van der Waals surface area contributed by atoms with E-state index in [1.54, 1.807) is 0 Å². The number of ether oxygens (including phenoxy) is 1. The van der Waals surface area contributed by atoms with Crippen LogP contribution in [0.4, 0.5) is 0 Å². The maximum atomic E-state index is 13.2. The Labute approximate surface area is 168 Å². The Hall–Kier alpha value is -2.30. The molecule has 2 aliphatic rings. The summed E-state index contributed by atoms with van der Waals surface area (Å²) in [5.74, 6) is 0.512. The standard InChI is InChI=1S/C23H32N2O3/c1-3-5-6-10-17-25-22(26)20(18-11-13-19(14-12-18)28-4-2)21(23(25)27)24-15-8-7-9-16-24/h11-14H,3-10,15-17H2,1-2H3. The number of imide groups is 1. The Balaban J connectivity index is 1.89. The van der Waals surface area contributed by atoms with Crippen molar-refractivity contribution in [3.8, 4) is 5.75 Å². The van der Waals surface area contributed by atoms with E-state index in [0.29, 0.717) is 24.4 Å². The van der Waals surface area contributed by atoms with Gasteiger partial charge in [-0.05, 0) is 50.3 Å². The van der Waals surface area contributed by atoms with Gasteiger partial charge in [0.25, 0.3) is 11.8 Å². The average molecular weight is 385 g/mol. The first-order valence-electron chi connectivity index (χ1n) is 10.8. The molecule has 0 bridgehead atoms. The van der Waals surface area contributed by atoms with E-state index in [1.165, 1.54) is 11.3 Å². The molecule has 1 saturated heterocycles. The molecule has 0 aromatic heterocycles. The summed E-state index contributed by atoms with van der Waals surface area (Å²) in [4.78, 5) is 30.0. The highest BCUT2D eigenvalue weighted by atomic mass is 16.5. The van der Waals surface area contributed by atoms with E-state index in [-0.39, 0.29) is 11.8 Å². The van der Waals surface area contributed by atoms with Gasteiger partial charge in [0.1, 0.15) is 11.4 Å². The lowest BCUT2D eigenvalue weighted by Gasteiger charge is -2.29. The van der Waals surface area contributed by atoms with Crippen molar-refractivity contribution in [3.63, 3.8) is 0 Å². The van der Waals surface area contributed by atoms with Gasteiger partial charge in [0.2, 0.25) is 0 Å². The Bertz CT molecular complexity index is 718. The molecule has 0 radical (unpaired) electrons. The molecule has 0 N–H and O–H groups in total. The van der Waals surface area contributed by atoms with Gasteiger partial charge in [-0.15, -0.1) is 0 Å². The molecular formula is C23H32N2O3. The summed E-state index contributed by atoms with van der Waals surface area (Å²) in [5.41, 5.74) is 1.97. The SMILES string of the molecule is CCCCCCN1C(=O)C(c2ccc(OCC)cc2)=C(N2CCCCC2)C1=O. The third kappa shape index (κ3) is 4.40. The number of benzene rings is 1. The zero-order valence-electron chi connectivity index (χ0n) is 17.2. The minimum Gasteiger partial charge on any atom is -0.494 e. The van der Waals surface area contributed by atoms with Crippen molar-refractivity contribution in [3.05, 3.63) is 35.5 Å². The predicted octanol–water partition coefficient (Wildman–Crippen LogP) is 4.23.